The number of thiol groups is 1. The predicted octanol–water partition coefficient (Wildman–Crippen LogP) is 6.26. The first-order chi connectivity index (χ1) is 22.5. The molecule has 9 nitrogen and oxygen atoms in total. The zero-order chi connectivity index (χ0) is 35.4. The standard InChI is InChI=1S/C37H44FN3O6S/c1-23(28-14-10-11-15-29(28)38)40(21-24-16-18-25(19-17-24)34(44)46-7)32(42)30-20-26-12-8-9-13-27(26)22-41(30)33(43)31(37(5,6)48)39-35(45)47-36(2,3)4/h8-19,23,30-31,48H,20-22H2,1-7H3,(H,39,45). The van der Waals surface area contributed by atoms with Gasteiger partial charge < -0.3 is 24.6 Å². The van der Waals surface area contributed by atoms with Gasteiger partial charge in [-0.25, -0.2) is 14.0 Å². The smallest absolute Gasteiger partial charge is 0.408 e. The van der Waals surface area contributed by atoms with Crippen molar-refractivity contribution in [1.29, 1.82) is 0 Å². The fourth-order valence-electron chi connectivity index (χ4n) is 5.75. The Morgan fingerprint density at radius 2 is 1.56 bits per heavy atom. The second-order valence-electron chi connectivity index (χ2n) is 13.5. The number of alkyl carbamates (subject to hydrolysis) is 1. The van der Waals surface area contributed by atoms with Gasteiger partial charge in [-0.2, -0.15) is 12.6 Å². The number of esters is 1. The van der Waals surface area contributed by atoms with E-state index < -0.39 is 58.2 Å². The van der Waals surface area contributed by atoms with Gasteiger partial charge in [0, 0.05) is 29.8 Å². The quantitative estimate of drug-likeness (QED) is 0.205. The van der Waals surface area contributed by atoms with E-state index in [0.29, 0.717) is 16.7 Å². The number of nitrogens with one attached hydrogen (secondary N) is 1. The highest BCUT2D eigenvalue weighted by Gasteiger charge is 2.44. The van der Waals surface area contributed by atoms with Crippen molar-refractivity contribution >= 4 is 36.5 Å². The Kier molecular flexibility index (Phi) is 11.2. The molecule has 0 fully saturated rings. The number of rotatable bonds is 9. The van der Waals surface area contributed by atoms with Crippen LogP contribution in [0.2, 0.25) is 0 Å². The molecule has 0 aromatic heterocycles. The summed E-state index contributed by atoms with van der Waals surface area (Å²) in [4.78, 5) is 57.4. The molecular weight excluding hydrogens is 633 g/mol. The van der Waals surface area contributed by atoms with Crippen LogP contribution in [-0.2, 0) is 38.6 Å². The molecule has 0 aliphatic carbocycles. The van der Waals surface area contributed by atoms with Crippen LogP contribution in [0.4, 0.5) is 9.18 Å². The van der Waals surface area contributed by atoms with Crippen molar-refractivity contribution in [3.05, 3.63) is 106 Å². The summed E-state index contributed by atoms with van der Waals surface area (Å²) >= 11 is 4.67. The Labute approximate surface area is 287 Å². The van der Waals surface area contributed by atoms with E-state index in [1.165, 1.54) is 18.1 Å². The van der Waals surface area contributed by atoms with E-state index in [1.807, 2.05) is 24.3 Å². The molecule has 3 unspecified atom stereocenters. The number of halogens is 1. The maximum atomic E-state index is 15.2. The summed E-state index contributed by atoms with van der Waals surface area (Å²) in [5.74, 6) is -1.87. The molecule has 0 radical (unpaired) electrons. The minimum Gasteiger partial charge on any atom is -0.465 e. The first-order valence-corrected chi connectivity index (χ1v) is 16.3. The van der Waals surface area contributed by atoms with E-state index in [-0.39, 0.29) is 19.5 Å². The zero-order valence-electron chi connectivity index (χ0n) is 28.5. The molecule has 1 N–H and O–H groups in total. The van der Waals surface area contributed by atoms with Crippen molar-refractivity contribution in [3.8, 4) is 0 Å². The molecule has 3 aromatic carbocycles. The van der Waals surface area contributed by atoms with Crippen LogP contribution < -0.4 is 5.32 Å². The van der Waals surface area contributed by atoms with Gasteiger partial charge in [-0.1, -0.05) is 54.6 Å². The Morgan fingerprint density at radius 1 is 0.958 bits per heavy atom. The summed E-state index contributed by atoms with van der Waals surface area (Å²) < 4.78 is 24.4. The van der Waals surface area contributed by atoms with Crippen molar-refractivity contribution in [3.63, 3.8) is 0 Å². The number of ether oxygens (including phenoxy) is 2. The zero-order valence-corrected chi connectivity index (χ0v) is 29.3. The lowest BCUT2D eigenvalue weighted by Gasteiger charge is -2.43. The normalized spacial score (nSPS) is 15.9. The van der Waals surface area contributed by atoms with Crippen molar-refractivity contribution in [2.24, 2.45) is 0 Å². The van der Waals surface area contributed by atoms with Crippen molar-refractivity contribution in [2.45, 2.75) is 89.5 Å². The average Bonchev–Trinajstić information content (AvgIpc) is 3.03. The second kappa shape index (κ2) is 14.8. The van der Waals surface area contributed by atoms with Gasteiger partial charge in [0.15, 0.2) is 0 Å². The number of hydrogen-bond acceptors (Lipinski definition) is 7. The first kappa shape index (κ1) is 36.5. The third-order valence-corrected chi connectivity index (χ3v) is 8.52. The molecule has 256 valence electrons. The molecule has 3 atom stereocenters. The summed E-state index contributed by atoms with van der Waals surface area (Å²) in [7, 11) is 1.30. The summed E-state index contributed by atoms with van der Waals surface area (Å²) in [5, 5.41) is 2.70. The van der Waals surface area contributed by atoms with E-state index in [0.717, 1.165) is 11.1 Å². The number of hydrogen-bond donors (Lipinski definition) is 2. The lowest BCUT2D eigenvalue weighted by Crippen LogP contribution is -2.62. The average molecular weight is 678 g/mol. The molecule has 0 spiro atoms. The molecule has 1 aliphatic rings. The molecular formula is C37H44FN3O6S. The van der Waals surface area contributed by atoms with Gasteiger partial charge in [0.1, 0.15) is 23.5 Å². The number of fused-ring (bicyclic) bond motifs is 1. The predicted molar refractivity (Wildman–Crippen MR) is 184 cm³/mol. The molecule has 1 heterocycles. The van der Waals surface area contributed by atoms with E-state index in [2.05, 4.69) is 17.9 Å². The van der Waals surface area contributed by atoms with Crippen LogP contribution >= 0.6 is 12.6 Å². The van der Waals surface area contributed by atoms with E-state index in [4.69, 9.17) is 9.47 Å². The highest BCUT2D eigenvalue weighted by atomic mass is 32.1. The molecule has 48 heavy (non-hydrogen) atoms. The van der Waals surface area contributed by atoms with Crippen LogP contribution in [0.25, 0.3) is 0 Å². The Bertz CT molecular complexity index is 1650. The number of benzene rings is 3. The molecule has 0 saturated heterocycles. The number of carbonyl (C=O) groups is 4. The first-order valence-electron chi connectivity index (χ1n) is 15.8. The minimum absolute atomic E-state index is 0.0631. The van der Waals surface area contributed by atoms with Gasteiger partial charge in [-0.05, 0) is 76.4 Å². The Hall–Kier alpha value is -4.38. The molecule has 0 bridgehead atoms. The van der Waals surface area contributed by atoms with Crippen LogP contribution in [0.3, 0.4) is 0 Å². The maximum absolute atomic E-state index is 15.2. The van der Waals surface area contributed by atoms with E-state index in [1.54, 1.807) is 88.9 Å². The monoisotopic (exact) mass is 677 g/mol. The number of methoxy groups -OCH3 is 1. The van der Waals surface area contributed by atoms with Crippen molar-refractivity contribution in [1.82, 2.24) is 15.1 Å². The summed E-state index contributed by atoms with van der Waals surface area (Å²) in [5.41, 5.74) is 2.32. The molecule has 4 rings (SSSR count). The Morgan fingerprint density at radius 3 is 2.15 bits per heavy atom. The summed E-state index contributed by atoms with van der Waals surface area (Å²) in [6, 6.07) is 17.6. The van der Waals surface area contributed by atoms with Crippen molar-refractivity contribution < 1.29 is 33.0 Å². The lowest BCUT2D eigenvalue weighted by atomic mass is 9.90. The van der Waals surface area contributed by atoms with Gasteiger partial charge in [0.2, 0.25) is 11.8 Å². The van der Waals surface area contributed by atoms with Gasteiger partial charge in [0.05, 0.1) is 18.7 Å². The number of amides is 3. The molecule has 3 aromatic rings. The fourth-order valence-corrected chi connectivity index (χ4v) is 5.92. The van der Waals surface area contributed by atoms with E-state index in [9.17, 15) is 19.2 Å². The van der Waals surface area contributed by atoms with E-state index >= 15 is 4.39 Å². The third kappa shape index (κ3) is 8.74. The van der Waals surface area contributed by atoms with Crippen LogP contribution in [0.1, 0.15) is 80.2 Å². The summed E-state index contributed by atoms with van der Waals surface area (Å²) in [6.45, 7) is 10.5. The van der Waals surface area contributed by atoms with Crippen molar-refractivity contribution in [2.75, 3.05) is 7.11 Å². The van der Waals surface area contributed by atoms with Crippen LogP contribution in [0.5, 0.6) is 0 Å². The minimum atomic E-state index is -1.15. The maximum Gasteiger partial charge on any atom is 0.408 e. The molecule has 3 amide bonds. The highest BCUT2D eigenvalue weighted by molar-refractivity contribution is 7.81. The second-order valence-corrected chi connectivity index (χ2v) is 14.7. The van der Waals surface area contributed by atoms with Crippen LogP contribution in [0, 0.1) is 5.82 Å². The van der Waals surface area contributed by atoms with Gasteiger partial charge in [-0.3, -0.25) is 9.59 Å². The van der Waals surface area contributed by atoms with Gasteiger partial charge in [0.25, 0.3) is 0 Å². The molecule has 0 saturated carbocycles. The SMILES string of the molecule is COC(=O)c1ccc(CN(C(=O)C2Cc3ccccc3CN2C(=O)C(NC(=O)OC(C)(C)C)C(C)(C)S)C(C)c2ccccc2F)cc1. The fraction of sp³-hybridized carbons (Fsp3) is 0.405. The van der Waals surface area contributed by atoms with Crippen LogP contribution in [-0.4, -0.2) is 63.2 Å². The number of carbonyl (C=O) groups excluding carboxylic acids is 4. The third-order valence-electron chi connectivity index (χ3n) is 8.27. The Balaban J connectivity index is 1.77. The lowest BCUT2D eigenvalue weighted by molar-refractivity contribution is -0.150. The summed E-state index contributed by atoms with van der Waals surface area (Å²) in [6.07, 6.45) is -0.581. The molecule has 11 heteroatoms. The van der Waals surface area contributed by atoms with Gasteiger partial charge in [-0.15, -0.1) is 0 Å². The van der Waals surface area contributed by atoms with Gasteiger partial charge >= 0.3 is 12.1 Å². The number of nitrogens with zero attached hydrogens (tertiary/aromatic N) is 2. The molecule has 1 aliphatic heterocycles. The largest absolute Gasteiger partial charge is 0.465 e. The topological polar surface area (TPSA) is 105 Å². The highest BCUT2D eigenvalue weighted by Crippen LogP contribution is 2.32. The van der Waals surface area contributed by atoms with Crippen LogP contribution in [0.15, 0.2) is 72.8 Å².